The van der Waals surface area contributed by atoms with Gasteiger partial charge in [-0.05, 0) is 36.3 Å². The van der Waals surface area contributed by atoms with E-state index >= 15 is 0 Å². The first-order valence-corrected chi connectivity index (χ1v) is 6.63. The minimum absolute atomic E-state index is 0.209. The smallest absolute Gasteiger partial charge is 0.218 e. The standard InChI is InChI=1S/C15H21NO2/c1-18-14-9-5-4-8-12(14)13(10-15(16)17)11-6-2-3-7-11/h4-5,8-9,11,13H,2-3,6-7,10H2,1H3,(H2,16,17). The summed E-state index contributed by atoms with van der Waals surface area (Å²) in [7, 11) is 1.68. The summed E-state index contributed by atoms with van der Waals surface area (Å²) in [6.45, 7) is 0. The summed E-state index contributed by atoms with van der Waals surface area (Å²) >= 11 is 0. The topological polar surface area (TPSA) is 52.3 Å². The molecule has 1 aliphatic rings. The third-order valence-corrected chi connectivity index (χ3v) is 3.93. The molecule has 2 rings (SSSR count). The Morgan fingerprint density at radius 3 is 2.67 bits per heavy atom. The number of nitrogens with two attached hydrogens (primary N) is 1. The number of hydrogen-bond donors (Lipinski definition) is 1. The summed E-state index contributed by atoms with van der Waals surface area (Å²) in [5.41, 5.74) is 6.54. The number of methoxy groups -OCH3 is 1. The molecule has 18 heavy (non-hydrogen) atoms. The van der Waals surface area contributed by atoms with Gasteiger partial charge in [-0.2, -0.15) is 0 Å². The van der Waals surface area contributed by atoms with Gasteiger partial charge >= 0.3 is 0 Å². The van der Waals surface area contributed by atoms with Crippen LogP contribution in [0.25, 0.3) is 0 Å². The van der Waals surface area contributed by atoms with E-state index in [0.29, 0.717) is 12.3 Å². The average molecular weight is 247 g/mol. The Balaban J connectivity index is 2.29. The van der Waals surface area contributed by atoms with E-state index in [0.717, 1.165) is 11.3 Å². The molecule has 1 aliphatic carbocycles. The zero-order valence-corrected chi connectivity index (χ0v) is 10.9. The minimum Gasteiger partial charge on any atom is -0.496 e. The fourth-order valence-corrected chi connectivity index (χ4v) is 3.08. The monoisotopic (exact) mass is 247 g/mol. The van der Waals surface area contributed by atoms with Crippen LogP contribution in [0.5, 0.6) is 5.75 Å². The molecule has 0 aliphatic heterocycles. The molecular weight excluding hydrogens is 226 g/mol. The Labute approximate surface area is 108 Å². The van der Waals surface area contributed by atoms with Crippen molar-refractivity contribution in [2.45, 2.75) is 38.0 Å². The van der Waals surface area contributed by atoms with Crippen LogP contribution >= 0.6 is 0 Å². The summed E-state index contributed by atoms with van der Waals surface area (Å²) in [5, 5.41) is 0. The average Bonchev–Trinajstić information content (AvgIpc) is 2.89. The fourth-order valence-electron chi connectivity index (χ4n) is 3.08. The predicted octanol–water partition coefficient (Wildman–Crippen LogP) is 2.84. The van der Waals surface area contributed by atoms with Gasteiger partial charge in [-0.15, -0.1) is 0 Å². The predicted molar refractivity (Wildman–Crippen MR) is 71.5 cm³/mol. The number of rotatable bonds is 5. The van der Waals surface area contributed by atoms with E-state index in [9.17, 15) is 4.79 Å². The van der Waals surface area contributed by atoms with Crippen molar-refractivity contribution in [3.63, 3.8) is 0 Å². The number of benzene rings is 1. The quantitative estimate of drug-likeness (QED) is 0.869. The lowest BCUT2D eigenvalue weighted by Crippen LogP contribution is -2.20. The van der Waals surface area contributed by atoms with Crippen molar-refractivity contribution in [1.82, 2.24) is 0 Å². The summed E-state index contributed by atoms with van der Waals surface area (Å²) in [4.78, 5) is 11.3. The van der Waals surface area contributed by atoms with Crippen LogP contribution in [0.3, 0.4) is 0 Å². The molecule has 0 aromatic heterocycles. The first kappa shape index (κ1) is 12.9. The molecule has 0 heterocycles. The van der Waals surface area contributed by atoms with E-state index in [1.54, 1.807) is 7.11 Å². The third-order valence-electron chi connectivity index (χ3n) is 3.93. The lowest BCUT2D eigenvalue weighted by atomic mass is 9.82. The second-order valence-corrected chi connectivity index (χ2v) is 5.06. The fraction of sp³-hybridized carbons (Fsp3) is 0.533. The molecule has 0 spiro atoms. The molecule has 0 saturated heterocycles. The first-order chi connectivity index (χ1) is 8.72. The van der Waals surface area contributed by atoms with Crippen LogP contribution in [0, 0.1) is 5.92 Å². The number of primary amides is 1. The molecule has 1 aromatic rings. The minimum atomic E-state index is -0.224. The molecule has 98 valence electrons. The number of hydrogen-bond acceptors (Lipinski definition) is 2. The Bertz CT molecular complexity index is 411. The van der Waals surface area contributed by atoms with Gasteiger partial charge in [0.15, 0.2) is 0 Å². The maximum Gasteiger partial charge on any atom is 0.218 e. The summed E-state index contributed by atoms with van der Waals surface area (Å²) in [5.74, 6) is 1.42. The van der Waals surface area contributed by atoms with E-state index < -0.39 is 0 Å². The highest BCUT2D eigenvalue weighted by Gasteiger charge is 2.29. The SMILES string of the molecule is COc1ccccc1C(CC(N)=O)C1CCCC1. The Kier molecular flexibility index (Phi) is 4.24. The highest BCUT2D eigenvalue weighted by Crippen LogP contribution is 2.42. The molecule has 1 atom stereocenters. The first-order valence-electron chi connectivity index (χ1n) is 6.63. The zero-order chi connectivity index (χ0) is 13.0. The molecule has 2 N–H and O–H groups in total. The number of carbonyl (C=O) groups excluding carboxylic acids is 1. The van der Waals surface area contributed by atoms with Crippen molar-refractivity contribution >= 4 is 5.91 Å². The molecule has 1 unspecified atom stereocenters. The van der Waals surface area contributed by atoms with Crippen LogP contribution in [0.15, 0.2) is 24.3 Å². The van der Waals surface area contributed by atoms with Gasteiger partial charge in [0.25, 0.3) is 0 Å². The molecule has 1 amide bonds. The Morgan fingerprint density at radius 1 is 1.39 bits per heavy atom. The van der Waals surface area contributed by atoms with Gasteiger partial charge in [-0.25, -0.2) is 0 Å². The van der Waals surface area contributed by atoms with Gasteiger partial charge in [-0.3, -0.25) is 4.79 Å². The normalized spacial score (nSPS) is 17.6. The van der Waals surface area contributed by atoms with Crippen molar-refractivity contribution in [1.29, 1.82) is 0 Å². The number of para-hydroxylation sites is 1. The molecule has 1 saturated carbocycles. The molecule has 1 aromatic carbocycles. The van der Waals surface area contributed by atoms with Crippen molar-refractivity contribution in [3.8, 4) is 5.75 Å². The van der Waals surface area contributed by atoms with Crippen molar-refractivity contribution in [2.75, 3.05) is 7.11 Å². The maximum atomic E-state index is 11.3. The van der Waals surface area contributed by atoms with Gasteiger partial charge in [0.1, 0.15) is 5.75 Å². The molecule has 1 fully saturated rings. The third kappa shape index (κ3) is 2.84. The largest absolute Gasteiger partial charge is 0.496 e. The van der Waals surface area contributed by atoms with Crippen LogP contribution in [0.4, 0.5) is 0 Å². The van der Waals surface area contributed by atoms with E-state index in [4.69, 9.17) is 10.5 Å². The zero-order valence-electron chi connectivity index (χ0n) is 10.9. The van der Waals surface area contributed by atoms with Crippen molar-refractivity contribution in [3.05, 3.63) is 29.8 Å². The van der Waals surface area contributed by atoms with Crippen LogP contribution in [-0.2, 0) is 4.79 Å². The number of amides is 1. The maximum absolute atomic E-state index is 11.3. The molecule has 0 bridgehead atoms. The number of carbonyl (C=O) groups is 1. The van der Waals surface area contributed by atoms with Gasteiger partial charge in [0.2, 0.25) is 5.91 Å². The van der Waals surface area contributed by atoms with Crippen LogP contribution < -0.4 is 10.5 Å². The molecular formula is C15H21NO2. The summed E-state index contributed by atoms with van der Waals surface area (Å²) < 4.78 is 5.42. The van der Waals surface area contributed by atoms with Crippen molar-refractivity contribution in [2.24, 2.45) is 11.7 Å². The summed E-state index contributed by atoms with van der Waals surface area (Å²) in [6.07, 6.45) is 5.32. The molecule has 3 nitrogen and oxygen atoms in total. The van der Waals surface area contributed by atoms with Gasteiger partial charge in [0.05, 0.1) is 7.11 Å². The second-order valence-electron chi connectivity index (χ2n) is 5.06. The van der Waals surface area contributed by atoms with Gasteiger partial charge < -0.3 is 10.5 Å². The van der Waals surface area contributed by atoms with Gasteiger partial charge in [0, 0.05) is 6.42 Å². The lowest BCUT2D eigenvalue weighted by Gasteiger charge is -2.24. The Hall–Kier alpha value is -1.51. The van der Waals surface area contributed by atoms with E-state index in [-0.39, 0.29) is 11.8 Å². The molecule has 0 radical (unpaired) electrons. The van der Waals surface area contributed by atoms with E-state index in [1.807, 2.05) is 18.2 Å². The van der Waals surface area contributed by atoms with Crippen LogP contribution in [0.1, 0.15) is 43.6 Å². The van der Waals surface area contributed by atoms with Gasteiger partial charge in [-0.1, -0.05) is 31.0 Å². The van der Waals surface area contributed by atoms with Crippen LogP contribution in [0.2, 0.25) is 0 Å². The van der Waals surface area contributed by atoms with E-state index in [2.05, 4.69) is 6.07 Å². The summed E-state index contributed by atoms with van der Waals surface area (Å²) in [6, 6.07) is 7.97. The highest BCUT2D eigenvalue weighted by atomic mass is 16.5. The second kappa shape index (κ2) is 5.89. The van der Waals surface area contributed by atoms with Crippen molar-refractivity contribution < 1.29 is 9.53 Å². The highest BCUT2D eigenvalue weighted by molar-refractivity contribution is 5.75. The lowest BCUT2D eigenvalue weighted by molar-refractivity contribution is -0.118. The Morgan fingerprint density at radius 2 is 2.06 bits per heavy atom. The van der Waals surface area contributed by atoms with E-state index in [1.165, 1.54) is 25.7 Å². The molecule has 3 heteroatoms. The van der Waals surface area contributed by atoms with Crippen LogP contribution in [-0.4, -0.2) is 13.0 Å². The number of ether oxygens (including phenoxy) is 1.